The summed E-state index contributed by atoms with van der Waals surface area (Å²) in [6, 6.07) is 2.31. The Morgan fingerprint density at radius 1 is 1.44 bits per heavy atom. The zero-order chi connectivity index (χ0) is 12.1. The lowest BCUT2D eigenvalue weighted by Gasteiger charge is -1.99. The molecule has 0 aliphatic rings. The highest BCUT2D eigenvalue weighted by Crippen LogP contribution is 2.18. The van der Waals surface area contributed by atoms with E-state index in [1.165, 1.54) is 6.08 Å². The van der Waals surface area contributed by atoms with E-state index in [0.29, 0.717) is 0 Å². The van der Waals surface area contributed by atoms with Crippen LogP contribution in [0.3, 0.4) is 0 Å². The SMILES string of the molecule is CCOC(=O)C=Cc1cc(F)c(I)c(F)c1. The Morgan fingerprint density at radius 3 is 2.50 bits per heavy atom. The molecule has 0 spiro atoms. The Morgan fingerprint density at radius 2 is 2.00 bits per heavy atom. The molecule has 1 aromatic rings. The number of ether oxygens (including phenoxy) is 1. The van der Waals surface area contributed by atoms with Gasteiger partial charge in [-0.05, 0) is 53.3 Å². The Bertz CT molecular complexity index is 407. The van der Waals surface area contributed by atoms with E-state index in [-0.39, 0.29) is 15.7 Å². The van der Waals surface area contributed by atoms with Crippen LogP contribution < -0.4 is 0 Å². The quantitative estimate of drug-likeness (QED) is 0.366. The number of halogens is 3. The van der Waals surface area contributed by atoms with E-state index >= 15 is 0 Å². The van der Waals surface area contributed by atoms with Gasteiger partial charge in [-0.25, -0.2) is 13.6 Å². The molecule has 1 aromatic carbocycles. The number of rotatable bonds is 3. The van der Waals surface area contributed by atoms with Crippen LogP contribution in [0.25, 0.3) is 6.08 Å². The van der Waals surface area contributed by atoms with Crippen LogP contribution >= 0.6 is 22.6 Å². The first-order valence-electron chi connectivity index (χ1n) is 4.54. The first-order valence-corrected chi connectivity index (χ1v) is 5.62. The maximum atomic E-state index is 13.1. The molecule has 0 fully saturated rings. The zero-order valence-electron chi connectivity index (χ0n) is 8.47. The van der Waals surface area contributed by atoms with Crippen LogP contribution in [0.15, 0.2) is 18.2 Å². The molecule has 86 valence electrons. The number of carbonyl (C=O) groups is 1. The molecule has 0 saturated heterocycles. The normalized spacial score (nSPS) is 10.8. The minimum atomic E-state index is -0.649. The molecule has 16 heavy (non-hydrogen) atoms. The van der Waals surface area contributed by atoms with Gasteiger partial charge in [-0.15, -0.1) is 0 Å². The van der Waals surface area contributed by atoms with E-state index in [2.05, 4.69) is 4.74 Å². The summed E-state index contributed by atoms with van der Waals surface area (Å²) in [6.45, 7) is 1.94. The van der Waals surface area contributed by atoms with Crippen molar-refractivity contribution in [3.63, 3.8) is 0 Å². The molecule has 0 atom stereocenters. The number of hydrogen-bond acceptors (Lipinski definition) is 2. The second-order valence-electron chi connectivity index (χ2n) is 2.88. The topological polar surface area (TPSA) is 26.3 Å². The van der Waals surface area contributed by atoms with E-state index < -0.39 is 17.6 Å². The lowest BCUT2D eigenvalue weighted by Crippen LogP contribution is -1.98. The monoisotopic (exact) mass is 338 g/mol. The van der Waals surface area contributed by atoms with Crippen molar-refractivity contribution in [3.8, 4) is 0 Å². The number of benzene rings is 1. The zero-order valence-corrected chi connectivity index (χ0v) is 10.6. The van der Waals surface area contributed by atoms with Crippen molar-refractivity contribution >= 4 is 34.6 Å². The Kier molecular flexibility index (Phi) is 4.85. The molecule has 0 unspecified atom stereocenters. The van der Waals surface area contributed by atoms with Crippen molar-refractivity contribution in [1.82, 2.24) is 0 Å². The highest BCUT2D eigenvalue weighted by molar-refractivity contribution is 14.1. The number of hydrogen-bond donors (Lipinski definition) is 0. The molecule has 2 nitrogen and oxygen atoms in total. The summed E-state index contributed by atoms with van der Waals surface area (Å²) >= 11 is 1.57. The van der Waals surface area contributed by atoms with Crippen molar-refractivity contribution in [1.29, 1.82) is 0 Å². The van der Waals surface area contributed by atoms with Gasteiger partial charge in [-0.3, -0.25) is 0 Å². The van der Waals surface area contributed by atoms with Crippen molar-refractivity contribution in [2.75, 3.05) is 6.61 Å². The van der Waals surface area contributed by atoms with Gasteiger partial charge in [0, 0.05) is 6.08 Å². The Labute approximate surface area is 105 Å². The Hall–Kier alpha value is -0.980. The largest absolute Gasteiger partial charge is 0.463 e. The third-order valence-electron chi connectivity index (χ3n) is 1.70. The third kappa shape index (κ3) is 3.55. The van der Waals surface area contributed by atoms with Gasteiger partial charge in [-0.1, -0.05) is 0 Å². The first-order chi connectivity index (χ1) is 7.54. The standard InChI is InChI=1S/C11H9F2IO2/c1-2-16-10(15)4-3-7-5-8(12)11(14)9(13)6-7/h3-6H,2H2,1H3. The Balaban J connectivity index is 2.86. The maximum Gasteiger partial charge on any atom is 0.330 e. The second-order valence-corrected chi connectivity index (χ2v) is 3.96. The molecule has 0 aliphatic carbocycles. The molecule has 0 bridgehead atoms. The smallest absolute Gasteiger partial charge is 0.330 e. The van der Waals surface area contributed by atoms with Gasteiger partial charge in [0.25, 0.3) is 0 Å². The molecular formula is C11H9F2IO2. The van der Waals surface area contributed by atoms with Gasteiger partial charge in [0.15, 0.2) is 0 Å². The molecule has 0 saturated carbocycles. The lowest BCUT2D eigenvalue weighted by atomic mass is 10.2. The van der Waals surface area contributed by atoms with Gasteiger partial charge in [0.2, 0.25) is 0 Å². The predicted molar refractivity (Wildman–Crippen MR) is 64.7 cm³/mol. The molecule has 0 amide bonds. The van der Waals surface area contributed by atoms with Crippen molar-refractivity contribution in [2.24, 2.45) is 0 Å². The maximum absolute atomic E-state index is 13.1. The third-order valence-corrected chi connectivity index (χ3v) is 2.74. The number of esters is 1. The summed E-state index contributed by atoms with van der Waals surface area (Å²) in [4.78, 5) is 11.0. The van der Waals surface area contributed by atoms with Crippen LogP contribution in [-0.2, 0) is 9.53 Å². The van der Waals surface area contributed by atoms with Gasteiger partial charge >= 0.3 is 5.97 Å². The summed E-state index contributed by atoms with van der Waals surface area (Å²) in [5, 5.41) is 0. The summed E-state index contributed by atoms with van der Waals surface area (Å²) in [5.74, 6) is -1.84. The summed E-state index contributed by atoms with van der Waals surface area (Å²) < 4.78 is 30.8. The van der Waals surface area contributed by atoms with Gasteiger partial charge in [0.1, 0.15) is 11.6 Å². The van der Waals surface area contributed by atoms with Crippen LogP contribution in [0, 0.1) is 15.2 Å². The van der Waals surface area contributed by atoms with E-state index in [4.69, 9.17) is 0 Å². The van der Waals surface area contributed by atoms with Crippen LogP contribution in [0.2, 0.25) is 0 Å². The molecular weight excluding hydrogens is 329 g/mol. The fraction of sp³-hybridized carbons (Fsp3) is 0.182. The minimum absolute atomic E-state index is 0.0640. The molecule has 0 aromatic heterocycles. The molecule has 0 heterocycles. The van der Waals surface area contributed by atoms with Crippen molar-refractivity contribution in [2.45, 2.75) is 6.92 Å². The second kappa shape index (κ2) is 5.93. The fourth-order valence-corrected chi connectivity index (χ4v) is 1.34. The minimum Gasteiger partial charge on any atom is -0.463 e. The van der Waals surface area contributed by atoms with Crippen LogP contribution in [0.5, 0.6) is 0 Å². The van der Waals surface area contributed by atoms with Gasteiger partial charge < -0.3 is 4.74 Å². The van der Waals surface area contributed by atoms with Crippen LogP contribution in [0.1, 0.15) is 12.5 Å². The average molecular weight is 338 g/mol. The molecule has 1 rings (SSSR count). The highest BCUT2D eigenvalue weighted by Gasteiger charge is 2.06. The summed E-state index contributed by atoms with van der Waals surface area (Å²) in [5.41, 5.74) is 0.281. The number of carbonyl (C=O) groups excluding carboxylic acids is 1. The van der Waals surface area contributed by atoms with Crippen molar-refractivity contribution in [3.05, 3.63) is 39.0 Å². The van der Waals surface area contributed by atoms with Crippen LogP contribution in [-0.4, -0.2) is 12.6 Å². The van der Waals surface area contributed by atoms with Gasteiger partial charge in [0.05, 0.1) is 10.2 Å². The average Bonchev–Trinajstić information content (AvgIpc) is 2.23. The van der Waals surface area contributed by atoms with E-state index in [1.54, 1.807) is 29.5 Å². The van der Waals surface area contributed by atoms with Gasteiger partial charge in [-0.2, -0.15) is 0 Å². The van der Waals surface area contributed by atoms with Crippen molar-refractivity contribution < 1.29 is 18.3 Å². The predicted octanol–water partition coefficient (Wildman–Crippen LogP) is 3.15. The summed E-state index contributed by atoms with van der Waals surface area (Å²) in [7, 11) is 0. The van der Waals surface area contributed by atoms with E-state index in [0.717, 1.165) is 18.2 Å². The highest BCUT2D eigenvalue weighted by atomic mass is 127. The fourth-order valence-electron chi connectivity index (χ4n) is 1.03. The molecule has 0 aliphatic heterocycles. The molecule has 0 radical (unpaired) electrons. The van der Waals surface area contributed by atoms with E-state index in [1.807, 2.05) is 0 Å². The summed E-state index contributed by atoms with van der Waals surface area (Å²) in [6.07, 6.45) is 2.44. The van der Waals surface area contributed by atoms with Crippen LogP contribution in [0.4, 0.5) is 8.78 Å². The lowest BCUT2D eigenvalue weighted by molar-refractivity contribution is -0.137. The van der Waals surface area contributed by atoms with E-state index in [9.17, 15) is 13.6 Å². The molecule has 5 heteroatoms. The molecule has 0 N–H and O–H groups in total. The first kappa shape index (κ1) is 13.1.